The molecule has 2 aromatic rings. The van der Waals surface area contributed by atoms with Crippen molar-refractivity contribution < 1.29 is 24.2 Å². The van der Waals surface area contributed by atoms with E-state index >= 15 is 0 Å². The van der Waals surface area contributed by atoms with Crippen molar-refractivity contribution in [2.45, 2.75) is 13.5 Å². The standard InChI is InChI=1S/C18H18N2O5/c1-12(21)20-19-10-15-7-4-8-16(24-2)17(15)25-11-13-5-3-6-14(9-13)18(22)23/h3-10H,11H2,1-2H3,(H,20,21)(H,22,23)/b19-10-. The second-order valence-electron chi connectivity index (χ2n) is 5.10. The number of carboxylic acids is 1. The van der Waals surface area contributed by atoms with Crippen molar-refractivity contribution >= 4 is 18.1 Å². The van der Waals surface area contributed by atoms with Crippen LogP contribution in [0.3, 0.4) is 0 Å². The zero-order chi connectivity index (χ0) is 18.2. The highest BCUT2D eigenvalue weighted by Crippen LogP contribution is 2.30. The molecular weight excluding hydrogens is 324 g/mol. The maximum Gasteiger partial charge on any atom is 0.335 e. The highest BCUT2D eigenvalue weighted by molar-refractivity contribution is 5.88. The SMILES string of the molecule is COc1cccc(/C=N\NC(C)=O)c1OCc1cccc(C(=O)O)c1. The molecule has 0 fully saturated rings. The Labute approximate surface area is 144 Å². The highest BCUT2D eigenvalue weighted by atomic mass is 16.5. The van der Waals surface area contributed by atoms with Gasteiger partial charge in [-0.25, -0.2) is 10.2 Å². The average Bonchev–Trinajstić information content (AvgIpc) is 2.60. The number of para-hydroxylation sites is 1. The summed E-state index contributed by atoms with van der Waals surface area (Å²) in [6, 6.07) is 11.8. The number of hydrazone groups is 1. The number of ether oxygens (including phenoxy) is 2. The summed E-state index contributed by atoms with van der Waals surface area (Å²) >= 11 is 0. The fourth-order valence-electron chi connectivity index (χ4n) is 2.09. The van der Waals surface area contributed by atoms with Gasteiger partial charge >= 0.3 is 5.97 Å². The van der Waals surface area contributed by atoms with E-state index in [9.17, 15) is 9.59 Å². The Morgan fingerprint density at radius 1 is 1.24 bits per heavy atom. The van der Waals surface area contributed by atoms with Gasteiger partial charge in [0.05, 0.1) is 18.9 Å². The summed E-state index contributed by atoms with van der Waals surface area (Å²) in [5.41, 5.74) is 3.83. The van der Waals surface area contributed by atoms with Crippen molar-refractivity contribution in [3.63, 3.8) is 0 Å². The molecule has 7 heteroatoms. The van der Waals surface area contributed by atoms with Crippen LogP contribution in [0.15, 0.2) is 47.6 Å². The first-order chi connectivity index (χ1) is 12.0. The molecule has 0 radical (unpaired) electrons. The number of methoxy groups -OCH3 is 1. The van der Waals surface area contributed by atoms with Crippen LogP contribution in [-0.2, 0) is 11.4 Å². The van der Waals surface area contributed by atoms with Crippen LogP contribution in [0.4, 0.5) is 0 Å². The van der Waals surface area contributed by atoms with Crippen molar-refractivity contribution in [3.8, 4) is 11.5 Å². The van der Waals surface area contributed by atoms with Crippen LogP contribution in [0.1, 0.15) is 28.4 Å². The van der Waals surface area contributed by atoms with Gasteiger partial charge in [0.15, 0.2) is 11.5 Å². The second kappa shape index (κ2) is 8.49. The molecule has 0 bridgehead atoms. The van der Waals surface area contributed by atoms with E-state index in [0.29, 0.717) is 22.6 Å². The fraction of sp³-hybridized carbons (Fsp3) is 0.167. The van der Waals surface area contributed by atoms with Crippen LogP contribution in [-0.4, -0.2) is 30.3 Å². The van der Waals surface area contributed by atoms with Crippen LogP contribution in [0, 0.1) is 0 Å². The molecule has 25 heavy (non-hydrogen) atoms. The van der Waals surface area contributed by atoms with E-state index in [1.807, 2.05) is 0 Å². The number of carbonyl (C=O) groups excluding carboxylic acids is 1. The first kappa shape index (κ1) is 18.0. The summed E-state index contributed by atoms with van der Waals surface area (Å²) in [5, 5.41) is 12.9. The minimum absolute atomic E-state index is 0.155. The number of carbonyl (C=O) groups is 2. The smallest absolute Gasteiger partial charge is 0.335 e. The van der Waals surface area contributed by atoms with E-state index in [2.05, 4.69) is 10.5 Å². The third-order valence-corrected chi connectivity index (χ3v) is 3.21. The molecular formula is C18H18N2O5. The van der Waals surface area contributed by atoms with Gasteiger partial charge in [-0.3, -0.25) is 4.79 Å². The lowest BCUT2D eigenvalue weighted by molar-refractivity contribution is -0.118. The summed E-state index contributed by atoms with van der Waals surface area (Å²) in [7, 11) is 1.52. The molecule has 0 saturated heterocycles. The summed E-state index contributed by atoms with van der Waals surface area (Å²) in [6.07, 6.45) is 1.45. The van der Waals surface area contributed by atoms with Gasteiger partial charge in [-0.05, 0) is 29.8 Å². The molecule has 0 saturated carbocycles. The predicted octanol–water partition coefficient (Wildman–Crippen LogP) is 2.44. The topological polar surface area (TPSA) is 97.2 Å². The van der Waals surface area contributed by atoms with E-state index < -0.39 is 5.97 Å². The molecule has 2 aromatic carbocycles. The lowest BCUT2D eigenvalue weighted by Gasteiger charge is -2.13. The molecule has 0 heterocycles. The van der Waals surface area contributed by atoms with Crippen LogP contribution in [0.2, 0.25) is 0 Å². The summed E-state index contributed by atoms with van der Waals surface area (Å²) in [5.74, 6) is -0.338. The van der Waals surface area contributed by atoms with Gasteiger partial charge in [-0.2, -0.15) is 5.10 Å². The Bertz CT molecular complexity index is 802. The molecule has 1 amide bonds. The maximum absolute atomic E-state index is 11.0. The zero-order valence-electron chi connectivity index (χ0n) is 13.9. The highest BCUT2D eigenvalue weighted by Gasteiger charge is 2.10. The molecule has 0 unspecified atom stereocenters. The van der Waals surface area contributed by atoms with Gasteiger partial charge in [0.25, 0.3) is 0 Å². The van der Waals surface area contributed by atoms with Crippen molar-refractivity contribution in [3.05, 3.63) is 59.2 Å². The average molecular weight is 342 g/mol. The van der Waals surface area contributed by atoms with Crippen LogP contribution < -0.4 is 14.9 Å². The number of nitrogens with one attached hydrogen (secondary N) is 1. The summed E-state index contributed by atoms with van der Waals surface area (Å²) in [6.45, 7) is 1.51. The third-order valence-electron chi connectivity index (χ3n) is 3.21. The van der Waals surface area contributed by atoms with Gasteiger partial charge in [-0.15, -0.1) is 0 Å². The van der Waals surface area contributed by atoms with Gasteiger partial charge in [0, 0.05) is 12.5 Å². The summed E-state index contributed by atoms with van der Waals surface area (Å²) in [4.78, 5) is 22.0. The van der Waals surface area contributed by atoms with Crippen molar-refractivity contribution in [1.82, 2.24) is 5.43 Å². The van der Waals surface area contributed by atoms with E-state index in [0.717, 1.165) is 0 Å². The number of hydrogen-bond donors (Lipinski definition) is 2. The van der Waals surface area contributed by atoms with Gasteiger partial charge in [0.1, 0.15) is 6.61 Å². The van der Waals surface area contributed by atoms with Gasteiger partial charge in [-0.1, -0.05) is 18.2 Å². The van der Waals surface area contributed by atoms with E-state index in [1.54, 1.807) is 36.4 Å². The van der Waals surface area contributed by atoms with E-state index in [4.69, 9.17) is 14.6 Å². The Hall–Kier alpha value is -3.35. The Kier molecular flexibility index (Phi) is 6.11. The Morgan fingerprint density at radius 3 is 2.68 bits per heavy atom. The van der Waals surface area contributed by atoms with Gasteiger partial charge < -0.3 is 14.6 Å². The molecule has 0 aliphatic carbocycles. The predicted molar refractivity (Wildman–Crippen MR) is 92.1 cm³/mol. The normalized spacial score (nSPS) is 10.5. The first-order valence-corrected chi connectivity index (χ1v) is 7.43. The molecule has 0 aliphatic heterocycles. The maximum atomic E-state index is 11.0. The Morgan fingerprint density at radius 2 is 2.00 bits per heavy atom. The monoisotopic (exact) mass is 342 g/mol. The number of benzene rings is 2. The van der Waals surface area contributed by atoms with Crippen LogP contribution >= 0.6 is 0 Å². The molecule has 0 aliphatic rings. The van der Waals surface area contributed by atoms with E-state index in [1.165, 1.54) is 26.3 Å². The van der Waals surface area contributed by atoms with Crippen LogP contribution in [0.25, 0.3) is 0 Å². The molecule has 0 aromatic heterocycles. The van der Waals surface area contributed by atoms with Gasteiger partial charge in [0.2, 0.25) is 5.91 Å². The molecule has 130 valence electrons. The van der Waals surface area contributed by atoms with Crippen molar-refractivity contribution in [2.24, 2.45) is 5.10 Å². The Balaban J connectivity index is 2.22. The lowest BCUT2D eigenvalue weighted by Crippen LogP contribution is -2.12. The number of nitrogens with zero attached hydrogens (tertiary/aromatic N) is 1. The molecule has 0 spiro atoms. The molecule has 2 rings (SSSR count). The number of amides is 1. The molecule has 2 N–H and O–H groups in total. The number of carboxylic acid groups (broad SMARTS) is 1. The molecule has 0 atom stereocenters. The van der Waals surface area contributed by atoms with E-state index in [-0.39, 0.29) is 18.1 Å². The number of rotatable bonds is 7. The minimum atomic E-state index is -0.998. The van der Waals surface area contributed by atoms with Crippen molar-refractivity contribution in [1.29, 1.82) is 0 Å². The lowest BCUT2D eigenvalue weighted by atomic mass is 10.1. The largest absolute Gasteiger partial charge is 0.493 e. The second-order valence-corrected chi connectivity index (χ2v) is 5.10. The quantitative estimate of drug-likeness (QED) is 0.595. The van der Waals surface area contributed by atoms with Crippen LogP contribution in [0.5, 0.6) is 11.5 Å². The number of aromatic carboxylic acids is 1. The number of hydrogen-bond acceptors (Lipinski definition) is 5. The molecule has 7 nitrogen and oxygen atoms in total. The zero-order valence-corrected chi connectivity index (χ0v) is 13.9. The minimum Gasteiger partial charge on any atom is -0.493 e. The first-order valence-electron chi connectivity index (χ1n) is 7.43. The third kappa shape index (κ3) is 5.07. The fourth-order valence-corrected chi connectivity index (χ4v) is 2.09. The summed E-state index contributed by atoms with van der Waals surface area (Å²) < 4.78 is 11.1. The van der Waals surface area contributed by atoms with Crippen molar-refractivity contribution in [2.75, 3.05) is 7.11 Å².